The molecule has 0 aliphatic rings. The monoisotopic (exact) mass is 436 g/mol. The summed E-state index contributed by atoms with van der Waals surface area (Å²) in [5.74, 6) is 0.740. The molecule has 8 heteroatoms. The number of benzene rings is 2. The largest absolute Gasteiger partial charge is 0.493 e. The van der Waals surface area contributed by atoms with Crippen molar-refractivity contribution >= 4 is 40.2 Å². The normalized spacial score (nSPS) is 10.6. The fourth-order valence-electron chi connectivity index (χ4n) is 2.28. The molecule has 0 bridgehead atoms. The SMILES string of the molecule is COc1cc(C(=O)Nc2ccccc2SC(=O)N(C)C)cc(Cl)c1OCC(C)C. The van der Waals surface area contributed by atoms with E-state index in [4.69, 9.17) is 21.1 Å². The predicted octanol–water partition coefficient (Wildman–Crippen LogP) is 5.41. The van der Waals surface area contributed by atoms with E-state index in [0.29, 0.717) is 45.2 Å². The molecule has 0 radical (unpaired) electrons. The maximum Gasteiger partial charge on any atom is 0.286 e. The molecule has 0 saturated heterocycles. The third kappa shape index (κ3) is 6.30. The average Bonchev–Trinajstić information content (AvgIpc) is 2.67. The first-order valence-corrected chi connectivity index (χ1v) is 10.2. The number of anilines is 1. The summed E-state index contributed by atoms with van der Waals surface area (Å²) in [6.07, 6.45) is 0. The Morgan fingerprint density at radius 1 is 1.21 bits per heavy atom. The quantitative estimate of drug-likeness (QED) is 0.588. The zero-order valence-electron chi connectivity index (χ0n) is 17.1. The Hall–Kier alpha value is -2.38. The van der Waals surface area contributed by atoms with Crippen molar-refractivity contribution < 1.29 is 19.1 Å². The number of methoxy groups -OCH3 is 1. The number of hydrogen-bond acceptors (Lipinski definition) is 5. The van der Waals surface area contributed by atoms with Gasteiger partial charge in [-0.05, 0) is 41.9 Å². The predicted molar refractivity (Wildman–Crippen MR) is 118 cm³/mol. The van der Waals surface area contributed by atoms with Gasteiger partial charge < -0.3 is 19.7 Å². The molecule has 0 unspecified atom stereocenters. The lowest BCUT2D eigenvalue weighted by atomic mass is 10.1. The van der Waals surface area contributed by atoms with Gasteiger partial charge in [-0.15, -0.1) is 0 Å². The smallest absolute Gasteiger partial charge is 0.286 e. The minimum atomic E-state index is -0.369. The van der Waals surface area contributed by atoms with Crippen molar-refractivity contribution in [2.75, 3.05) is 33.1 Å². The van der Waals surface area contributed by atoms with E-state index in [1.165, 1.54) is 18.1 Å². The molecule has 1 N–H and O–H groups in total. The summed E-state index contributed by atoms with van der Waals surface area (Å²) in [4.78, 5) is 27.0. The van der Waals surface area contributed by atoms with Crippen LogP contribution in [-0.4, -0.2) is 43.9 Å². The van der Waals surface area contributed by atoms with E-state index in [1.54, 1.807) is 38.4 Å². The van der Waals surface area contributed by atoms with E-state index in [0.717, 1.165) is 11.8 Å². The number of rotatable bonds is 7. The molecule has 0 aliphatic heterocycles. The van der Waals surface area contributed by atoms with Crippen molar-refractivity contribution in [1.82, 2.24) is 4.90 Å². The molecule has 0 heterocycles. The molecule has 2 aromatic rings. The van der Waals surface area contributed by atoms with Gasteiger partial charge in [0, 0.05) is 24.6 Å². The van der Waals surface area contributed by atoms with Crippen molar-refractivity contribution in [3.8, 4) is 11.5 Å². The molecule has 2 aromatic carbocycles. The van der Waals surface area contributed by atoms with Crippen LogP contribution in [0.5, 0.6) is 11.5 Å². The number of ether oxygens (including phenoxy) is 2. The minimum Gasteiger partial charge on any atom is -0.493 e. The topological polar surface area (TPSA) is 67.9 Å². The van der Waals surface area contributed by atoms with Gasteiger partial charge in [-0.1, -0.05) is 37.6 Å². The number of para-hydroxylation sites is 1. The zero-order valence-corrected chi connectivity index (χ0v) is 18.7. The highest BCUT2D eigenvalue weighted by Gasteiger charge is 2.18. The van der Waals surface area contributed by atoms with E-state index in [-0.39, 0.29) is 11.1 Å². The first-order valence-electron chi connectivity index (χ1n) is 9.02. The lowest BCUT2D eigenvalue weighted by Gasteiger charge is -2.16. The van der Waals surface area contributed by atoms with E-state index >= 15 is 0 Å². The second-order valence-corrected chi connectivity index (χ2v) is 8.31. The fourth-order valence-corrected chi connectivity index (χ4v) is 3.29. The molecule has 0 saturated carbocycles. The van der Waals surface area contributed by atoms with Gasteiger partial charge in [0.05, 0.1) is 24.4 Å². The van der Waals surface area contributed by atoms with Crippen LogP contribution in [0.25, 0.3) is 0 Å². The molecule has 0 aromatic heterocycles. The Labute approximate surface area is 180 Å². The lowest BCUT2D eigenvalue weighted by molar-refractivity contribution is 0.102. The van der Waals surface area contributed by atoms with Crippen LogP contribution in [0, 0.1) is 5.92 Å². The maximum atomic E-state index is 12.8. The van der Waals surface area contributed by atoms with E-state index < -0.39 is 0 Å². The second-order valence-electron chi connectivity index (χ2n) is 6.91. The van der Waals surface area contributed by atoms with Crippen molar-refractivity contribution in [3.63, 3.8) is 0 Å². The van der Waals surface area contributed by atoms with Gasteiger partial charge >= 0.3 is 0 Å². The third-order valence-electron chi connectivity index (χ3n) is 3.75. The Balaban J connectivity index is 2.26. The summed E-state index contributed by atoms with van der Waals surface area (Å²) in [5.41, 5.74) is 0.857. The molecular formula is C21H25ClN2O4S. The van der Waals surface area contributed by atoms with Gasteiger partial charge in [0.15, 0.2) is 11.5 Å². The van der Waals surface area contributed by atoms with Gasteiger partial charge in [-0.3, -0.25) is 9.59 Å². The molecule has 156 valence electrons. The van der Waals surface area contributed by atoms with Crippen LogP contribution in [0.2, 0.25) is 5.02 Å². The number of nitrogens with zero attached hydrogens (tertiary/aromatic N) is 1. The highest BCUT2D eigenvalue weighted by Crippen LogP contribution is 2.37. The number of amides is 2. The Bertz CT molecular complexity index is 887. The van der Waals surface area contributed by atoms with Crippen LogP contribution in [-0.2, 0) is 0 Å². The Morgan fingerprint density at radius 3 is 2.52 bits per heavy atom. The van der Waals surface area contributed by atoms with Crippen LogP contribution in [0.15, 0.2) is 41.3 Å². The lowest BCUT2D eigenvalue weighted by Crippen LogP contribution is -2.17. The molecule has 2 amide bonds. The number of thioether (sulfide) groups is 1. The molecule has 6 nitrogen and oxygen atoms in total. The van der Waals surface area contributed by atoms with E-state index in [1.807, 2.05) is 19.9 Å². The van der Waals surface area contributed by atoms with Crippen LogP contribution in [0.1, 0.15) is 24.2 Å². The van der Waals surface area contributed by atoms with Gasteiger partial charge in [0.25, 0.3) is 11.1 Å². The highest BCUT2D eigenvalue weighted by molar-refractivity contribution is 8.13. The third-order valence-corrected chi connectivity index (χ3v) is 5.15. The van der Waals surface area contributed by atoms with Crippen molar-refractivity contribution in [2.45, 2.75) is 18.7 Å². The number of carbonyl (C=O) groups is 2. The number of carbonyl (C=O) groups excluding carboxylic acids is 2. The number of nitrogens with one attached hydrogen (secondary N) is 1. The van der Waals surface area contributed by atoms with Crippen molar-refractivity contribution in [2.24, 2.45) is 5.92 Å². The molecule has 2 rings (SSSR count). The molecule has 0 fully saturated rings. The molecule has 0 atom stereocenters. The zero-order chi connectivity index (χ0) is 21.6. The van der Waals surface area contributed by atoms with E-state index in [9.17, 15) is 9.59 Å². The molecular weight excluding hydrogens is 412 g/mol. The summed E-state index contributed by atoms with van der Waals surface area (Å²) in [6.45, 7) is 4.53. The van der Waals surface area contributed by atoms with Gasteiger partial charge in [0.1, 0.15) is 0 Å². The summed E-state index contributed by atoms with van der Waals surface area (Å²) in [7, 11) is 4.84. The summed E-state index contributed by atoms with van der Waals surface area (Å²) in [6, 6.07) is 10.2. The van der Waals surface area contributed by atoms with Crippen LogP contribution < -0.4 is 14.8 Å². The first-order chi connectivity index (χ1) is 13.7. The van der Waals surface area contributed by atoms with Crippen molar-refractivity contribution in [1.29, 1.82) is 0 Å². The maximum absolute atomic E-state index is 12.8. The minimum absolute atomic E-state index is 0.136. The van der Waals surface area contributed by atoms with Crippen LogP contribution >= 0.6 is 23.4 Å². The fraction of sp³-hybridized carbons (Fsp3) is 0.333. The molecule has 29 heavy (non-hydrogen) atoms. The summed E-state index contributed by atoms with van der Waals surface area (Å²) in [5, 5.41) is 2.99. The van der Waals surface area contributed by atoms with Gasteiger partial charge in [-0.2, -0.15) is 0 Å². The van der Waals surface area contributed by atoms with Gasteiger partial charge in [0.2, 0.25) is 0 Å². The Kier molecular flexibility index (Phi) is 8.22. The van der Waals surface area contributed by atoms with Gasteiger partial charge in [-0.25, -0.2) is 0 Å². The first kappa shape index (κ1) is 22.9. The number of halogens is 1. The highest BCUT2D eigenvalue weighted by atomic mass is 35.5. The molecule has 0 spiro atoms. The Morgan fingerprint density at radius 2 is 1.90 bits per heavy atom. The standard InChI is InChI=1S/C21H25ClN2O4S/c1-13(2)12-28-19-15(22)10-14(11-17(19)27-5)20(25)23-16-8-6-7-9-18(16)29-21(26)24(3)4/h6-11,13H,12H2,1-5H3,(H,23,25). The average molecular weight is 437 g/mol. The number of hydrogen-bond donors (Lipinski definition) is 1. The summed E-state index contributed by atoms with van der Waals surface area (Å²) < 4.78 is 11.1. The van der Waals surface area contributed by atoms with Crippen LogP contribution in [0.4, 0.5) is 10.5 Å². The van der Waals surface area contributed by atoms with E-state index in [2.05, 4.69) is 5.32 Å². The van der Waals surface area contributed by atoms with Crippen LogP contribution in [0.3, 0.4) is 0 Å². The molecule has 0 aliphatic carbocycles. The second kappa shape index (κ2) is 10.4. The summed E-state index contributed by atoms with van der Waals surface area (Å²) >= 11 is 7.38. The van der Waals surface area contributed by atoms with Crippen molar-refractivity contribution in [3.05, 3.63) is 47.0 Å².